The maximum absolute atomic E-state index is 12.4. The number of benzene rings is 1. The van der Waals surface area contributed by atoms with E-state index in [1.807, 2.05) is 6.08 Å². The van der Waals surface area contributed by atoms with Crippen LogP contribution in [0.15, 0.2) is 71.6 Å². The Morgan fingerprint density at radius 3 is 1.88 bits per heavy atom. The SMILES string of the molecule is CCCCCCCCCCCCCCCCCCN1C(=CC=C2C=C([N+](=O)[O-])C=CC2=O)C(C)(C)c2ccccc21. The maximum atomic E-state index is 12.4. The summed E-state index contributed by atoms with van der Waals surface area (Å²) >= 11 is 0. The van der Waals surface area contributed by atoms with Crippen LogP contribution >= 0.6 is 0 Å². The van der Waals surface area contributed by atoms with Crippen LogP contribution in [0.1, 0.15) is 129 Å². The van der Waals surface area contributed by atoms with Crippen molar-refractivity contribution in [3.05, 3.63) is 87.3 Å². The van der Waals surface area contributed by atoms with E-state index in [1.165, 1.54) is 126 Å². The summed E-state index contributed by atoms with van der Waals surface area (Å²) in [6.07, 6.45) is 29.3. The van der Waals surface area contributed by atoms with Crippen LogP contribution in [0.4, 0.5) is 5.69 Å². The molecule has 0 aromatic heterocycles. The summed E-state index contributed by atoms with van der Waals surface area (Å²) < 4.78 is 0. The largest absolute Gasteiger partial charge is 0.344 e. The van der Waals surface area contributed by atoms with Crippen LogP contribution in [-0.4, -0.2) is 17.3 Å². The van der Waals surface area contributed by atoms with E-state index in [1.54, 1.807) is 6.08 Å². The monoisotopic (exact) mass is 560 g/mol. The number of allylic oxidation sites excluding steroid dienone is 7. The number of carbonyl (C=O) groups excluding carboxylic acids is 1. The van der Waals surface area contributed by atoms with Gasteiger partial charge in [0.2, 0.25) is 0 Å². The molecule has 0 saturated heterocycles. The first-order valence-electron chi connectivity index (χ1n) is 16.2. The normalized spacial score (nSPS) is 17.9. The molecule has 0 radical (unpaired) electrons. The highest BCUT2D eigenvalue weighted by atomic mass is 16.6. The van der Waals surface area contributed by atoms with Crippen molar-refractivity contribution in [3.63, 3.8) is 0 Å². The average molecular weight is 561 g/mol. The minimum absolute atomic E-state index is 0.0618. The van der Waals surface area contributed by atoms with E-state index in [2.05, 4.69) is 49.9 Å². The topological polar surface area (TPSA) is 63.4 Å². The molecule has 5 nitrogen and oxygen atoms in total. The standard InChI is InChI=1S/C36H52N2O3/c1-4-5-6-7-8-9-10-11-12-13-14-15-16-17-18-21-28-37-33-23-20-19-22-32(33)36(2,3)35(37)27-24-30-29-31(38(40)41)25-26-34(30)39/h19-20,22-27,29H,4-18,21,28H2,1-3H3. The van der Waals surface area contributed by atoms with Crippen molar-refractivity contribution in [1.29, 1.82) is 0 Å². The van der Waals surface area contributed by atoms with Gasteiger partial charge in [-0.25, -0.2) is 0 Å². The molecule has 1 aromatic rings. The number of rotatable bonds is 19. The number of ketones is 1. The molecule has 1 heterocycles. The Bertz CT molecular complexity index is 1130. The Balaban J connectivity index is 1.43. The molecular weight excluding hydrogens is 508 g/mol. The van der Waals surface area contributed by atoms with E-state index in [9.17, 15) is 14.9 Å². The number of nitrogens with zero attached hydrogens (tertiary/aromatic N) is 2. The minimum atomic E-state index is -0.455. The molecule has 0 bridgehead atoms. The van der Waals surface area contributed by atoms with Gasteiger partial charge in [-0.15, -0.1) is 0 Å². The fraction of sp³-hybridized carbons (Fsp3) is 0.583. The lowest BCUT2D eigenvalue weighted by Gasteiger charge is -2.27. The molecule has 0 amide bonds. The molecule has 1 aliphatic carbocycles. The highest BCUT2D eigenvalue weighted by Crippen LogP contribution is 2.47. The number of para-hydroxylation sites is 1. The van der Waals surface area contributed by atoms with Crippen molar-refractivity contribution in [2.24, 2.45) is 0 Å². The zero-order valence-corrected chi connectivity index (χ0v) is 25.8. The van der Waals surface area contributed by atoms with E-state index in [-0.39, 0.29) is 16.9 Å². The third-order valence-electron chi connectivity index (χ3n) is 8.66. The molecule has 0 saturated carbocycles. The Kier molecular flexibility index (Phi) is 13.6. The Morgan fingerprint density at radius 2 is 1.32 bits per heavy atom. The molecule has 1 aromatic carbocycles. The third-order valence-corrected chi connectivity index (χ3v) is 8.66. The molecule has 0 unspecified atom stereocenters. The van der Waals surface area contributed by atoms with Gasteiger partial charge >= 0.3 is 0 Å². The quantitative estimate of drug-likeness (QED) is 0.0731. The van der Waals surface area contributed by atoms with Gasteiger partial charge in [0, 0.05) is 41.1 Å². The molecule has 41 heavy (non-hydrogen) atoms. The van der Waals surface area contributed by atoms with Crippen molar-refractivity contribution >= 4 is 11.5 Å². The second kappa shape index (κ2) is 17.1. The Hall–Kier alpha value is -2.95. The first-order valence-corrected chi connectivity index (χ1v) is 16.2. The first-order chi connectivity index (χ1) is 19.9. The summed E-state index contributed by atoms with van der Waals surface area (Å²) in [6, 6.07) is 8.52. The highest BCUT2D eigenvalue weighted by Gasteiger charge is 2.39. The fourth-order valence-corrected chi connectivity index (χ4v) is 6.15. The lowest BCUT2D eigenvalue weighted by molar-refractivity contribution is -0.419. The van der Waals surface area contributed by atoms with Gasteiger partial charge < -0.3 is 4.90 Å². The molecule has 0 fully saturated rings. The van der Waals surface area contributed by atoms with Gasteiger partial charge in [-0.3, -0.25) is 14.9 Å². The number of unbranched alkanes of at least 4 members (excludes halogenated alkanes) is 15. The molecule has 1 aliphatic heterocycles. The van der Waals surface area contributed by atoms with Crippen LogP contribution in [0.25, 0.3) is 0 Å². The van der Waals surface area contributed by atoms with Gasteiger partial charge in [0.15, 0.2) is 5.78 Å². The molecule has 5 heteroatoms. The number of fused-ring (bicyclic) bond motifs is 1. The zero-order chi connectivity index (χ0) is 29.5. The molecule has 0 atom stereocenters. The summed E-state index contributed by atoms with van der Waals surface area (Å²) in [7, 11) is 0. The van der Waals surface area contributed by atoms with Crippen LogP contribution in [0.3, 0.4) is 0 Å². The van der Waals surface area contributed by atoms with E-state index >= 15 is 0 Å². The zero-order valence-electron chi connectivity index (χ0n) is 25.8. The third kappa shape index (κ3) is 9.83. The first kappa shape index (κ1) is 32.6. The van der Waals surface area contributed by atoms with E-state index in [4.69, 9.17) is 0 Å². The summed E-state index contributed by atoms with van der Waals surface area (Å²) in [5.41, 5.74) is 3.70. The fourth-order valence-electron chi connectivity index (χ4n) is 6.15. The maximum Gasteiger partial charge on any atom is 0.270 e. The van der Waals surface area contributed by atoms with E-state index in [0.717, 1.165) is 18.7 Å². The average Bonchev–Trinajstić information content (AvgIpc) is 3.17. The summed E-state index contributed by atoms with van der Waals surface area (Å²) in [5.74, 6) is -0.204. The number of hydrogen-bond acceptors (Lipinski definition) is 4. The van der Waals surface area contributed by atoms with Gasteiger partial charge in [-0.2, -0.15) is 0 Å². The molecule has 2 aliphatic rings. The number of hydrogen-bond donors (Lipinski definition) is 0. The van der Waals surface area contributed by atoms with Crippen molar-refractivity contribution in [1.82, 2.24) is 0 Å². The van der Waals surface area contributed by atoms with Crippen LogP contribution in [-0.2, 0) is 10.2 Å². The predicted octanol–water partition coefficient (Wildman–Crippen LogP) is 10.2. The Morgan fingerprint density at radius 1 is 0.780 bits per heavy atom. The number of anilines is 1. The molecular formula is C36H52N2O3. The minimum Gasteiger partial charge on any atom is -0.344 e. The molecule has 224 valence electrons. The van der Waals surface area contributed by atoms with Crippen LogP contribution in [0, 0.1) is 10.1 Å². The van der Waals surface area contributed by atoms with Crippen LogP contribution in [0.5, 0.6) is 0 Å². The van der Waals surface area contributed by atoms with Gasteiger partial charge in [-0.05, 0) is 36.3 Å². The number of carbonyl (C=O) groups is 1. The van der Waals surface area contributed by atoms with Crippen LogP contribution in [0.2, 0.25) is 0 Å². The van der Waals surface area contributed by atoms with Gasteiger partial charge in [0.25, 0.3) is 5.70 Å². The lowest BCUT2D eigenvalue weighted by Crippen LogP contribution is -2.27. The summed E-state index contributed by atoms with van der Waals surface area (Å²) in [4.78, 5) is 25.6. The van der Waals surface area contributed by atoms with Gasteiger partial charge in [0.05, 0.1) is 4.92 Å². The van der Waals surface area contributed by atoms with E-state index < -0.39 is 4.92 Å². The van der Waals surface area contributed by atoms with Crippen molar-refractivity contribution < 1.29 is 9.72 Å². The smallest absolute Gasteiger partial charge is 0.270 e. The van der Waals surface area contributed by atoms with Gasteiger partial charge in [0.1, 0.15) is 0 Å². The van der Waals surface area contributed by atoms with Crippen molar-refractivity contribution in [2.75, 3.05) is 11.4 Å². The molecule has 3 rings (SSSR count). The second-order valence-electron chi connectivity index (χ2n) is 12.3. The summed E-state index contributed by atoms with van der Waals surface area (Å²) in [6.45, 7) is 7.63. The molecule has 0 spiro atoms. The molecule has 0 N–H and O–H groups in total. The lowest BCUT2D eigenvalue weighted by atomic mass is 9.83. The number of nitro groups is 1. The highest BCUT2D eigenvalue weighted by molar-refractivity contribution is 6.07. The van der Waals surface area contributed by atoms with Crippen LogP contribution < -0.4 is 4.90 Å². The van der Waals surface area contributed by atoms with E-state index in [0.29, 0.717) is 5.57 Å². The summed E-state index contributed by atoms with van der Waals surface area (Å²) in [5, 5.41) is 11.2. The predicted molar refractivity (Wildman–Crippen MR) is 172 cm³/mol. The second-order valence-corrected chi connectivity index (χ2v) is 12.3. The van der Waals surface area contributed by atoms with Crippen molar-refractivity contribution in [3.8, 4) is 0 Å². The van der Waals surface area contributed by atoms with Gasteiger partial charge in [-0.1, -0.05) is 135 Å². The van der Waals surface area contributed by atoms with Crippen molar-refractivity contribution in [2.45, 2.75) is 129 Å². The Labute approximate surface area is 248 Å².